The van der Waals surface area contributed by atoms with Crippen LogP contribution in [0.5, 0.6) is 5.75 Å². The Kier molecular flexibility index (Phi) is 7.82. The van der Waals surface area contributed by atoms with Crippen molar-refractivity contribution in [2.45, 2.75) is 19.4 Å². The maximum absolute atomic E-state index is 6.13. The molecule has 1 aromatic carbocycles. The van der Waals surface area contributed by atoms with E-state index in [0.717, 1.165) is 12.0 Å². The lowest BCUT2D eigenvalue weighted by Gasteiger charge is -2.11. The van der Waals surface area contributed by atoms with Crippen LogP contribution in [0.3, 0.4) is 0 Å². The summed E-state index contributed by atoms with van der Waals surface area (Å²) in [6, 6.07) is 5.60. The molecule has 0 radical (unpaired) electrons. The summed E-state index contributed by atoms with van der Waals surface area (Å²) in [5.74, 6) is 0.683. The third kappa shape index (κ3) is 6.25. The molecule has 2 N–H and O–H groups in total. The van der Waals surface area contributed by atoms with Crippen LogP contribution >= 0.6 is 11.6 Å². The van der Waals surface area contributed by atoms with Gasteiger partial charge in [0.25, 0.3) is 0 Å². The van der Waals surface area contributed by atoms with E-state index in [4.69, 9.17) is 31.5 Å². The number of ether oxygens (including phenoxy) is 3. The first-order chi connectivity index (χ1) is 9.15. The Bertz CT molecular complexity index is 372. The fourth-order valence-corrected chi connectivity index (χ4v) is 1.75. The SMILES string of the molecule is COCCOCCCOc1ccc(C(C)N)cc1Cl. The van der Waals surface area contributed by atoms with Gasteiger partial charge in [-0.1, -0.05) is 17.7 Å². The average molecular weight is 288 g/mol. The largest absolute Gasteiger partial charge is 0.492 e. The summed E-state index contributed by atoms with van der Waals surface area (Å²) in [6.07, 6.45) is 0.815. The van der Waals surface area contributed by atoms with Crippen LogP contribution in [0.4, 0.5) is 0 Å². The Morgan fingerprint density at radius 1 is 1.21 bits per heavy atom. The van der Waals surface area contributed by atoms with Crippen molar-refractivity contribution in [1.82, 2.24) is 0 Å². The number of hydrogen-bond acceptors (Lipinski definition) is 4. The van der Waals surface area contributed by atoms with E-state index >= 15 is 0 Å². The third-order valence-electron chi connectivity index (χ3n) is 2.60. The Balaban J connectivity index is 2.26. The molecule has 4 nitrogen and oxygen atoms in total. The predicted molar refractivity (Wildman–Crippen MR) is 76.9 cm³/mol. The molecule has 0 amide bonds. The Hall–Kier alpha value is -0.810. The van der Waals surface area contributed by atoms with Crippen LogP contribution in [-0.2, 0) is 9.47 Å². The van der Waals surface area contributed by atoms with Gasteiger partial charge in [-0.25, -0.2) is 0 Å². The second kappa shape index (κ2) is 9.15. The minimum atomic E-state index is -0.0271. The van der Waals surface area contributed by atoms with Crippen LogP contribution in [0.25, 0.3) is 0 Å². The molecule has 0 aliphatic heterocycles. The monoisotopic (exact) mass is 287 g/mol. The van der Waals surface area contributed by atoms with E-state index in [-0.39, 0.29) is 6.04 Å². The highest BCUT2D eigenvalue weighted by atomic mass is 35.5. The van der Waals surface area contributed by atoms with Crippen molar-refractivity contribution >= 4 is 11.6 Å². The second-order valence-corrected chi connectivity index (χ2v) is 4.69. The summed E-state index contributed by atoms with van der Waals surface area (Å²) >= 11 is 6.13. The normalized spacial score (nSPS) is 12.4. The summed E-state index contributed by atoms with van der Waals surface area (Å²) in [4.78, 5) is 0. The smallest absolute Gasteiger partial charge is 0.137 e. The van der Waals surface area contributed by atoms with E-state index in [1.807, 2.05) is 25.1 Å². The molecule has 0 saturated heterocycles. The van der Waals surface area contributed by atoms with Gasteiger partial charge in [0.2, 0.25) is 0 Å². The van der Waals surface area contributed by atoms with Crippen LogP contribution in [0.2, 0.25) is 5.02 Å². The number of rotatable bonds is 9. The van der Waals surface area contributed by atoms with Gasteiger partial charge in [0.05, 0.1) is 24.8 Å². The van der Waals surface area contributed by atoms with Gasteiger partial charge >= 0.3 is 0 Å². The molecule has 1 rings (SSSR count). The number of nitrogens with two attached hydrogens (primary N) is 1. The van der Waals surface area contributed by atoms with Crippen molar-refractivity contribution in [1.29, 1.82) is 0 Å². The fraction of sp³-hybridized carbons (Fsp3) is 0.571. The first-order valence-corrected chi connectivity index (χ1v) is 6.77. The summed E-state index contributed by atoms with van der Waals surface area (Å²) in [5, 5.41) is 0.593. The highest BCUT2D eigenvalue weighted by Crippen LogP contribution is 2.27. The van der Waals surface area contributed by atoms with E-state index in [1.54, 1.807) is 7.11 Å². The van der Waals surface area contributed by atoms with Crippen LogP contribution in [0.1, 0.15) is 24.9 Å². The zero-order valence-electron chi connectivity index (χ0n) is 11.5. The van der Waals surface area contributed by atoms with E-state index < -0.39 is 0 Å². The first kappa shape index (κ1) is 16.2. The molecule has 19 heavy (non-hydrogen) atoms. The lowest BCUT2D eigenvalue weighted by atomic mass is 10.1. The molecule has 0 fully saturated rings. The second-order valence-electron chi connectivity index (χ2n) is 4.29. The maximum Gasteiger partial charge on any atom is 0.137 e. The summed E-state index contributed by atoms with van der Waals surface area (Å²) in [6.45, 7) is 4.37. The molecule has 0 heterocycles. The average Bonchev–Trinajstić information content (AvgIpc) is 2.39. The molecular weight excluding hydrogens is 266 g/mol. The van der Waals surface area contributed by atoms with E-state index in [1.165, 1.54) is 0 Å². The van der Waals surface area contributed by atoms with Gasteiger partial charge in [0.1, 0.15) is 5.75 Å². The first-order valence-electron chi connectivity index (χ1n) is 6.39. The molecule has 0 aliphatic carbocycles. The Morgan fingerprint density at radius 3 is 2.63 bits per heavy atom. The van der Waals surface area contributed by atoms with Gasteiger partial charge in [-0.2, -0.15) is 0 Å². The van der Waals surface area contributed by atoms with Gasteiger partial charge in [0.15, 0.2) is 0 Å². The highest BCUT2D eigenvalue weighted by molar-refractivity contribution is 6.32. The number of halogens is 1. The molecule has 5 heteroatoms. The lowest BCUT2D eigenvalue weighted by Crippen LogP contribution is -2.07. The molecule has 0 aromatic heterocycles. The van der Waals surface area contributed by atoms with Crippen molar-refractivity contribution < 1.29 is 14.2 Å². The van der Waals surface area contributed by atoms with Crippen LogP contribution in [-0.4, -0.2) is 33.5 Å². The molecule has 0 aliphatic rings. The molecular formula is C14H22ClNO3. The molecule has 1 aromatic rings. The maximum atomic E-state index is 6.13. The minimum absolute atomic E-state index is 0.0271. The number of hydrogen-bond donors (Lipinski definition) is 1. The molecule has 1 atom stereocenters. The quantitative estimate of drug-likeness (QED) is 0.710. The molecule has 0 spiro atoms. The fourth-order valence-electron chi connectivity index (χ4n) is 1.50. The van der Waals surface area contributed by atoms with Crippen molar-refractivity contribution in [2.24, 2.45) is 5.73 Å². The van der Waals surface area contributed by atoms with Crippen LogP contribution in [0.15, 0.2) is 18.2 Å². The molecule has 0 bridgehead atoms. The van der Waals surface area contributed by atoms with Gasteiger partial charge in [-0.15, -0.1) is 0 Å². The van der Waals surface area contributed by atoms with Crippen molar-refractivity contribution in [2.75, 3.05) is 33.5 Å². The Labute approximate surface area is 119 Å². The van der Waals surface area contributed by atoms with E-state index in [0.29, 0.717) is 37.2 Å². The minimum Gasteiger partial charge on any atom is -0.492 e. The Morgan fingerprint density at radius 2 is 2.00 bits per heavy atom. The molecule has 0 saturated carbocycles. The topological polar surface area (TPSA) is 53.7 Å². The van der Waals surface area contributed by atoms with Crippen molar-refractivity contribution in [3.63, 3.8) is 0 Å². The predicted octanol–water partition coefficient (Wildman–Crippen LogP) is 2.79. The molecule has 108 valence electrons. The van der Waals surface area contributed by atoms with E-state index in [2.05, 4.69) is 0 Å². The number of benzene rings is 1. The van der Waals surface area contributed by atoms with Gasteiger partial charge in [-0.05, 0) is 24.6 Å². The van der Waals surface area contributed by atoms with Crippen molar-refractivity contribution in [3.05, 3.63) is 28.8 Å². The standard InChI is InChI=1S/C14H22ClNO3/c1-11(16)12-4-5-14(13(15)10-12)19-7-3-6-18-9-8-17-2/h4-5,10-11H,3,6-9,16H2,1-2H3. The van der Waals surface area contributed by atoms with Gasteiger partial charge < -0.3 is 19.9 Å². The summed E-state index contributed by atoms with van der Waals surface area (Å²) in [5.41, 5.74) is 6.79. The molecule has 1 unspecified atom stereocenters. The van der Waals surface area contributed by atoms with Crippen molar-refractivity contribution in [3.8, 4) is 5.75 Å². The zero-order valence-corrected chi connectivity index (χ0v) is 12.3. The van der Waals surface area contributed by atoms with Crippen LogP contribution in [0, 0.1) is 0 Å². The van der Waals surface area contributed by atoms with Gasteiger partial charge in [0, 0.05) is 26.2 Å². The summed E-state index contributed by atoms with van der Waals surface area (Å²) < 4.78 is 15.8. The summed E-state index contributed by atoms with van der Waals surface area (Å²) in [7, 11) is 1.65. The zero-order chi connectivity index (χ0) is 14.1. The number of methoxy groups -OCH3 is 1. The van der Waals surface area contributed by atoms with Gasteiger partial charge in [-0.3, -0.25) is 0 Å². The van der Waals surface area contributed by atoms with Crippen LogP contribution < -0.4 is 10.5 Å². The van der Waals surface area contributed by atoms with E-state index in [9.17, 15) is 0 Å². The highest BCUT2D eigenvalue weighted by Gasteiger charge is 2.05. The third-order valence-corrected chi connectivity index (χ3v) is 2.90. The lowest BCUT2D eigenvalue weighted by molar-refractivity contribution is 0.0644.